The first kappa shape index (κ1) is 17.0. The minimum absolute atomic E-state index is 0.0252. The van der Waals surface area contributed by atoms with Crippen LogP contribution in [0.15, 0.2) is 0 Å². The molecule has 24 heavy (non-hydrogen) atoms. The first-order chi connectivity index (χ1) is 11.5. The minimum Gasteiger partial charge on any atom is -0.369 e. The zero-order chi connectivity index (χ0) is 17.3. The van der Waals surface area contributed by atoms with Gasteiger partial charge in [0, 0.05) is 31.6 Å². The Labute approximate surface area is 142 Å². The van der Waals surface area contributed by atoms with Gasteiger partial charge in [0.05, 0.1) is 17.9 Å². The quantitative estimate of drug-likeness (QED) is 0.909. The lowest BCUT2D eigenvalue weighted by Gasteiger charge is -2.26. The van der Waals surface area contributed by atoms with Gasteiger partial charge in [0.2, 0.25) is 5.91 Å². The first-order valence-corrected chi connectivity index (χ1v) is 8.80. The van der Waals surface area contributed by atoms with Crippen LogP contribution >= 0.6 is 0 Å². The largest absolute Gasteiger partial charge is 0.369 e. The summed E-state index contributed by atoms with van der Waals surface area (Å²) in [7, 11) is 0. The van der Waals surface area contributed by atoms with Gasteiger partial charge in [-0.3, -0.25) is 14.7 Å². The molecule has 2 aliphatic heterocycles. The molecule has 0 aromatic carbocycles. The summed E-state index contributed by atoms with van der Waals surface area (Å²) >= 11 is 0. The van der Waals surface area contributed by atoms with Crippen molar-refractivity contribution in [2.75, 3.05) is 26.2 Å². The smallest absolute Gasteiger partial charge is 0.275 e. The maximum absolute atomic E-state index is 12.9. The SMILES string of the molecule is CCCN1CCCN(C(=O)c2n[nH]c3c2C[C@H](C)O[C@@H]3C)CC1=O. The maximum Gasteiger partial charge on any atom is 0.275 e. The van der Waals surface area contributed by atoms with E-state index in [0.29, 0.717) is 18.7 Å². The van der Waals surface area contributed by atoms with Gasteiger partial charge in [0.25, 0.3) is 5.91 Å². The number of rotatable bonds is 3. The van der Waals surface area contributed by atoms with Crippen molar-refractivity contribution in [2.45, 2.75) is 52.2 Å². The number of carbonyl (C=O) groups excluding carboxylic acids is 2. The van der Waals surface area contributed by atoms with Crippen LogP contribution in [0, 0.1) is 0 Å². The summed E-state index contributed by atoms with van der Waals surface area (Å²) in [5.41, 5.74) is 2.27. The molecule has 3 heterocycles. The summed E-state index contributed by atoms with van der Waals surface area (Å²) in [6.07, 6.45) is 2.37. The number of hydrogen-bond donors (Lipinski definition) is 1. The molecule has 0 aliphatic carbocycles. The second kappa shape index (κ2) is 6.93. The number of aromatic nitrogens is 2. The molecule has 0 unspecified atom stereocenters. The second-order valence-corrected chi connectivity index (χ2v) is 6.72. The Hall–Kier alpha value is -1.89. The molecular formula is C17H26N4O3. The summed E-state index contributed by atoms with van der Waals surface area (Å²) in [6, 6.07) is 0. The average molecular weight is 334 g/mol. The Morgan fingerprint density at radius 3 is 2.92 bits per heavy atom. The summed E-state index contributed by atoms with van der Waals surface area (Å²) in [4.78, 5) is 28.8. The second-order valence-electron chi connectivity index (χ2n) is 6.72. The van der Waals surface area contributed by atoms with E-state index in [1.807, 2.05) is 18.7 Å². The number of aromatic amines is 1. The third-order valence-corrected chi connectivity index (χ3v) is 4.75. The van der Waals surface area contributed by atoms with Crippen LogP contribution in [0.3, 0.4) is 0 Å². The number of H-pyrrole nitrogens is 1. The van der Waals surface area contributed by atoms with Crippen LogP contribution in [0.5, 0.6) is 0 Å². The van der Waals surface area contributed by atoms with Crippen molar-refractivity contribution in [3.05, 3.63) is 17.0 Å². The molecule has 1 aromatic heterocycles. The summed E-state index contributed by atoms with van der Waals surface area (Å²) in [5.74, 6) is -0.127. The molecule has 2 amide bonds. The Bertz CT molecular complexity index is 627. The van der Waals surface area contributed by atoms with Gasteiger partial charge in [-0.25, -0.2) is 0 Å². The zero-order valence-corrected chi connectivity index (χ0v) is 14.7. The first-order valence-electron chi connectivity index (χ1n) is 8.80. The molecule has 3 rings (SSSR count). The van der Waals surface area contributed by atoms with Gasteiger partial charge in [-0.05, 0) is 26.7 Å². The van der Waals surface area contributed by atoms with Gasteiger partial charge < -0.3 is 14.5 Å². The molecule has 0 saturated carbocycles. The van der Waals surface area contributed by atoms with Crippen molar-refractivity contribution < 1.29 is 14.3 Å². The van der Waals surface area contributed by atoms with Gasteiger partial charge in [-0.15, -0.1) is 0 Å². The van der Waals surface area contributed by atoms with Crippen LogP contribution in [0.2, 0.25) is 0 Å². The molecule has 1 fully saturated rings. The van der Waals surface area contributed by atoms with E-state index in [4.69, 9.17) is 4.74 Å². The predicted molar refractivity (Wildman–Crippen MR) is 88.6 cm³/mol. The highest BCUT2D eigenvalue weighted by Crippen LogP contribution is 2.30. The molecule has 0 bridgehead atoms. The Morgan fingerprint density at radius 1 is 1.38 bits per heavy atom. The van der Waals surface area contributed by atoms with Crippen molar-refractivity contribution in [2.24, 2.45) is 0 Å². The van der Waals surface area contributed by atoms with E-state index in [-0.39, 0.29) is 30.6 Å². The van der Waals surface area contributed by atoms with Crippen molar-refractivity contribution in [3.8, 4) is 0 Å². The third kappa shape index (κ3) is 3.17. The molecule has 0 spiro atoms. The van der Waals surface area contributed by atoms with Gasteiger partial charge in [-0.2, -0.15) is 5.10 Å². The van der Waals surface area contributed by atoms with E-state index in [2.05, 4.69) is 17.1 Å². The summed E-state index contributed by atoms with van der Waals surface area (Å²) in [5, 5.41) is 7.20. The van der Waals surface area contributed by atoms with Crippen molar-refractivity contribution in [1.82, 2.24) is 20.0 Å². The molecule has 1 aromatic rings. The van der Waals surface area contributed by atoms with Gasteiger partial charge in [0.15, 0.2) is 5.69 Å². The van der Waals surface area contributed by atoms with E-state index in [9.17, 15) is 9.59 Å². The Balaban J connectivity index is 1.79. The average Bonchev–Trinajstić information content (AvgIpc) is 2.87. The standard InChI is InChI=1S/C17H26N4O3/c1-4-6-20-7-5-8-21(10-14(20)22)17(23)16-13-9-11(2)24-12(3)15(13)18-19-16/h11-12H,4-10H2,1-3H3,(H,18,19)/t11-,12+/m0/s1. The fraction of sp³-hybridized carbons (Fsp3) is 0.706. The highest BCUT2D eigenvalue weighted by Gasteiger charge is 2.33. The Morgan fingerprint density at radius 2 is 2.17 bits per heavy atom. The number of nitrogens with one attached hydrogen (secondary N) is 1. The molecule has 2 aliphatic rings. The maximum atomic E-state index is 12.9. The minimum atomic E-state index is -0.152. The number of ether oxygens (including phenoxy) is 1. The van der Waals surface area contributed by atoms with E-state index >= 15 is 0 Å². The van der Waals surface area contributed by atoms with Gasteiger partial charge in [0.1, 0.15) is 6.54 Å². The fourth-order valence-electron chi connectivity index (χ4n) is 3.60. The topological polar surface area (TPSA) is 78.5 Å². The summed E-state index contributed by atoms with van der Waals surface area (Å²) in [6.45, 7) is 8.22. The van der Waals surface area contributed by atoms with Crippen LogP contribution < -0.4 is 0 Å². The van der Waals surface area contributed by atoms with Crippen LogP contribution in [-0.2, 0) is 16.0 Å². The van der Waals surface area contributed by atoms with Crippen molar-refractivity contribution >= 4 is 11.8 Å². The molecule has 7 heteroatoms. The molecule has 0 radical (unpaired) electrons. The molecule has 1 N–H and O–H groups in total. The van der Waals surface area contributed by atoms with E-state index < -0.39 is 0 Å². The monoisotopic (exact) mass is 334 g/mol. The van der Waals surface area contributed by atoms with Crippen LogP contribution in [0.25, 0.3) is 0 Å². The van der Waals surface area contributed by atoms with E-state index in [1.165, 1.54) is 0 Å². The molecule has 7 nitrogen and oxygen atoms in total. The normalized spacial score (nSPS) is 24.7. The molecule has 2 atom stereocenters. The lowest BCUT2D eigenvalue weighted by atomic mass is 9.99. The van der Waals surface area contributed by atoms with Gasteiger partial charge >= 0.3 is 0 Å². The number of fused-ring (bicyclic) bond motifs is 1. The third-order valence-electron chi connectivity index (χ3n) is 4.75. The van der Waals surface area contributed by atoms with E-state index in [1.54, 1.807) is 4.90 Å². The lowest BCUT2D eigenvalue weighted by Crippen LogP contribution is -2.40. The molecule has 132 valence electrons. The molecule has 1 saturated heterocycles. The number of carbonyl (C=O) groups is 2. The highest BCUT2D eigenvalue weighted by atomic mass is 16.5. The number of nitrogens with zero attached hydrogens (tertiary/aromatic N) is 3. The van der Waals surface area contributed by atoms with Crippen LogP contribution in [0.1, 0.15) is 61.5 Å². The lowest BCUT2D eigenvalue weighted by molar-refractivity contribution is -0.130. The summed E-state index contributed by atoms with van der Waals surface area (Å²) < 4.78 is 5.77. The van der Waals surface area contributed by atoms with Gasteiger partial charge in [-0.1, -0.05) is 6.92 Å². The predicted octanol–water partition coefficient (Wildman–Crippen LogP) is 1.52. The molecular weight excluding hydrogens is 308 g/mol. The van der Waals surface area contributed by atoms with Crippen molar-refractivity contribution in [3.63, 3.8) is 0 Å². The van der Waals surface area contributed by atoms with Crippen molar-refractivity contribution in [1.29, 1.82) is 0 Å². The zero-order valence-electron chi connectivity index (χ0n) is 14.7. The van der Waals surface area contributed by atoms with Crippen LogP contribution in [-0.4, -0.2) is 64.1 Å². The van der Waals surface area contributed by atoms with Crippen LogP contribution in [0.4, 0.5) is 0 Å². The highest BCUT2D eigenvalue weighted by molar-refractivity contribution is 5.96. The number of hydrogen-bond acceptors (Lipinski definition) is 4. The fourth-order valence-corrected chi connectivity index (χ4v) is 3.60. The number of amides is 2. The van der Waals surface area contributed by atoms with E-state index in [0.717, 1.165) is 37.2 Å². The Kier molecular flexibility index (Phi) is 4.89.